The summed E-state index contributed by atoms with van der Waals surface area (Å²) in [4.78, 5) is 13.4. The number of amides is 1. The smallest absolute Gasteiger partial charge is 0.252 e. The number of carbonyl (C=O) groups excluding carboxylic acids is 1. The van der Waals surface area contributed by atoms with Crippen molar-refractivity contribution in [2.45, 2.75) is 36.4 Å². The minimum absolute atomic E-state index is 0.0258. The van der Waals surface area contributed by atoms with Crippen LogP contribution in [0.25, 0.3) is 0 Å². The highest BCUT2D eigenvalue weighted by Gasteiger charge is 2.36. The van der Waals surface area contributed by atoms with Crippen molar-refractivity contribution in [3.8, 4) is 0 Å². The van der Waals surface area contributed by atoms with E-state index in [1.54, 1.807) is 12.1 Å². The second-order valence-corrected chi connectivity index (χ2v) is 12.4. The molecule has 0 saturated carbocycles. The minimum atomic E-state index is -3.58. The van der Waals surface area contributed by atoms with Gasteiger partial charge in [-0.05, 0) is 38.3 Å². The van der Waals surface area contributed by atoms with E-state index >= 15 is 0 Å². The van der Waals surface area contributed by atoms with Crippen molar-refractivity contribution in [1.82, 2.24) is 9.62 Å². The third kappa shape index (κ3) is 4.24. The Labute approximate surface area is 152 Å². The lowest BCUT2D eigenvalue weighted by atomic mass is 9.98. The van der Waals surface area contributed by atoms with Gasteiger partial charge in [0.1, 0.15) is 4.21 Å². The van der Waals surface area contributed by atoms with Gasteiger partial charge in [-0.25, -0.2) is 16.8 Å². The van der Waals surface area contributed by atoms with Gasteiger partial charge in [0.2, 0.25) is 5.91 Å². The molecule has 2 fully saturated rings. The molecule has 0 aromatic carbocycles. The van der Waals surface area contributed by atoms with E-state index in [0.29, 0.717) is 30.0 Å². The van der Waals surface area contributed by atoms with Crippen LogP contribution in [0.2, 0.25) is 0 Å². The molecule has 25 heavy (non-hydrogen) atoms. The van der Waals surface area contributed by atoms with Gasteiger partial charge in [0.05, 0.1) is 17.4 Å². The van der Waals surface area contributed by atoms with Crippen LogP contribution in [0.3, 0.4) is 0 Å². The van der Waals surface area contributed by atoms with E-state index in [1.165, 1.54) is 15.6 Å². The molecule has 140 valence electrons. The number of hydrogen-bond donors (Lipinski definition) is 1. The Hall–Kier alpha value is -0.970. The van der Waals surface area contributed by atoms with Gasteiger partial charge in [-0.3, -0.25) is 4.79 Å². The zero-order chi connectivity index (χ0) is 18.2. The van der Waals surface area contributed by atoms with Gasteiger partial charge < -0.3 is 5.32 Å². The SMILES string of the molecule is Cc1ccc(S(=O)(=O)N2CCC[C@H](C(=O)N[C@H]3CCS(=O)(=O)C3)C2)s1. The molecule has 1 N–H and O–H groups in total. The highest BCUT2D eigenvalue weighted by Crippen LogP contribution is 2.28. The summed E-state index contributed by atoms with van der Waals surface area (Å²) in [5.74, 6) is -0.611. The Morgan fingerprint density at radius 2 is 2.08 bits per heavy atom. The van der Waals surface area contributed by atoms with E-state index in [4.69, 9.17) is 0 Å². The Morgan fingerprint density at radius 3 is 2.68 bits per heavy atom. The van der Waals surface area contributed by atoms with Crippen molar-refractivity contribution < 1.29 is 21.6 Å². The number of sulfone groups is 1. The number of carbonyl (C=O) groups is 1. The normalized spacial score (nSPS) is 27.2. The molecule has 1 aromatic rings. The van der Waals surface area contributed by atoms with Crippen LogP contribution in [-0.4, -0.2) is 57.7 Å². The fraction of sp³-hybridized carbons (Fsp3) is 0.667. The summed E-state index contributed by atoms with van der Waals surface area (Å²) in [6, 6.07) is 3.01. The van der Waals surface area contributed by atoms with Crippen LogP contribution in [-0.2, 0) is 24.7 Å². The molecule has 3 rings (SSSR count). The summed E-state index contributed by atoms with van der Waals surface area (Å²) in [6.07, 6.45) is 1.66. The molecule has 7 nitrogen and oxygen atoms in total. The third-order valence-electron chi connectivity index (χ3n) is 4.64. The predicted molar refractivity (Wildman–Crippen MR) is 95.7 cm³/mol. The summed E-state index contributed by atoms with van der Waals surface area (Å²) in [6.45, 7) is 2.40. The zero-order valence-corrected chi connectivity index (χ0v) is 16.4. The van der Waals surface area contributed by atoms with E-state index in [1.807, 2.05) is 6.92 Å². The van der Waals surface area contributed by atoms with E-state index in [2.05, 4.69) is 5.32 Å². The molecular weight excluding hydrogens is 384 g/mol. The Morgan fingerprint density at radius 1 is 1.32 bits per heavy atom. The number of nitrogens with one attached hydrogen (secondary N) is 1. The molecule has 3 heterocycles. The predicted octanol–water partition coefficient (Wildman–Crippen LogP) is 0.761. The number of rotatable bonds is 4. The van der Waals surface area contributed by atoms with Gasteiger partial charge in [-0.15, -0.1) is 11.3 Å². The fourth-order valence-electron chi connectivity index (χ4n) is 3.28. The van der Waals surface area contributed by atoms with E-state index in [0.717, 1.165) is 4.88 Å². The molecule has 0 unspecified atom stereocenters. The van der Waals surface area contributed by atoms with Crippen LogP contribution < -0.4 is 5.32 Å². The highest BCUT2D eigenvalue weighted by atomic mass is 32.2. The second kappa shape index (κ2) is 6.98. The molecule has 2 aliphatic heterocycles. The van der Waals surface area contributed by atoms with Crippen LogP contribution in [0.15, 0.2) is 16.3 Å². The summed E-state index contributed by atoms with van der Waals surface area (Å²) in [5, 5.41) is 2.78. The van der Waals surface area contributed by atoms with Gasteiger partial charge in [0, 0.05) is 24.0 Å². The first-order valence-corrected chi connectivity index (χ1v) is 12.3. The second-order valence-electron chi connectivity index (χ2n) is 6.68. The Balaban J connectivity index is 1.66. The summed E-state index contributed by atoms with van der Waals surface area (Å²) >= 11 is 1.23. The molecule has 2 saturated heterocycles. The molecular formula is C15H22N2O5S3. The number of hydrogen-bond acceptors (Lipinski definition) is 6. The maximum atomic E-state index is 12.7. The molecule has 1 amide bonds. The van der Waals surface area contributed by atoms with Crippen molar-refractivity contribution in [1.29, 1.82) is 0 Å². The van der Waals surface area contributed by atoms with Crippen LogP contribution in [0.1, 0.15) is 24.1 Å². The van der Waals surface area contributed by atoms with Gasteiger partial charge in [-0.1, -0.05) is 0 Å². The number of nitrogens with zero attached hydrogens (tertiary/aromatic N) is 1. The topological polar surface area (TPSA) is 101 Å². The molecule has 0 radical (unpaired) electrons. The van der Waals surface area contributed by atoms with Crippen molar-refractivity contribution in [3.63, 3.8) is 0 Å². The van der Waals surface area contributed by atoms with Gasteiger partial charge in [-0.2, -0.15) is 4.31 Å². The largest absolute Gasteiger partial charge is 0.352 e. The van der Waals surface area contributed by atoms with Crippen LogP contribution in [0, 0.1) is 12.8 Å². The molecule has 1 aromatic heterocycles. The molecule has 10 heteroatoms. The quantitative estimate of drug-likeness (QED) is 0.796. The number of aryl methyl sites for hydroxylation is 1. The van der Waals surface area contributed by atoms with Crippen LogP contribution in [0.4, 0.5) is 0 Å². The number of piperidine rings is 1. The standard InChI is InChI=1S/C15H22N2O5S3/c1-11-4-5-14(23-11)25(21,22)17-7-2-3-12(9-17)15(18)16-13-6-8-24(19,20)10-13/h4-5,12-13H,2-3,6-10H2,1H3,(H,16,18)/t12-,13-/m0/s1. The average molecular weight is 407 g/mol. The monoisotopic (exact) mass is 406 g/mol. The molecule has 2 atom stereocenters. The van der Waals surface area contributed by atoms with Crippen molar-refractivity contribution in [2.75, 3.05) is 24.6 Å². The average Bonchev–Trinajstić information content (AvgIpc) is 3.13. The molecule has 0 spiro atoms. The van der Waals surface area contributed by atoms with Crippen LogP contribution in [0.5, 0.6) is 0 Å². The first-order valence-electron chi connectivity index (χ1n) is 8.25. The summed E-state index contributed by atoms with van der Waals surface area (Å²) in [7, 11) is -6.64. The van der Waals surface area contributed by atoms with Crippen LogP contribution >= 0.6 is 11.3 Å². The third-order valence-corrected chi connectivity index (χ3v) is 9.74. The number of sulfonamides is 1. The fourth-order valence-corrected chi connectivity index (χ4v) is 7.92. The molecule has 0 aliphatic carbocycles. The number of thiophene rings is 1. The minimum Gasteiger partial charge on any atom is -0.352 e. The van der Waals surface area contributed by atoms with E-state index in [-0.39, 0.29) is 30.0 Å². The van der Waals surface area contributed by atoms with Gasteiger partial charge in [0.15, 0.2) is 9.84 Å². The first kappa shape index (κ1) is 18.8. The lowest BCUT2D eigenvalue weighted by Gasteiger charge is -2.31. The van der Waals surface area contributed by atoms with Crippen molar-refractivity contribution in [3.05, 3.63) is 17.0 Å². The zero-order valence-electron chi connectivity index (χ0n) is 14.0. The van der Waals surface area contributed by atoms with Gasteiger partial charge in [0.25, 0.3) is 10.0 Å². The summed E-state index contributed by atoms with van der Waals surface area (Å²) < 4.78 is 50.1. The van der Waals surface area contributed by atoms with E-state index in [9.17, 15) is 21.6 Å². The Bertz CT molecular complexity index is 859. The lowest BCUT2D eigenvalue weighted by molar-refractivity contribution is -0.126. The van der Waals surface area contributed by atoms with E-state index < -0.39 is 25.8 Å². The van der Waals surface area contributed by atoms with Crippen molar-refractivity contribution >= 4 is 37.1 Å². The Kier molecular flexibility index (Phi) is 5.25. The maximum Gasteiger partial charge on any atom is 0.252 e. The first-order chi connectivity index (χ1) is 11.7. The lowest BCUT2D eigenvalue weighted by Crippen LogP contribution is -2.47. The molecule has 2 aliphatic rings. The maximum absolute atomic E-state index is 12.7. The van der Waals surface area contributed by atoms with Crippen molar-refractivity contribution in [2.24, 2.45) is 5.92 Å². The van der Waals surface area contributed by atoms with Gasteiger partial charge >= 0.3 is 0 Å². The molecule has 0 bridgehead atoms. The summed E-state index contributed by atoms with van der Waals surface area (Å²) in [5.41, 5.74) is 0. The highest BCUT2D eigenvalue weighted by molar-refractivity contribution is 7.91.